The van der Waals surface area contributed by atoms with Crippen LogP contribution in [0, 0.1) is 5.92 Å². The van der Waals surface area contributed by atoms with Gasteiger partial charge in [-0.1, -0.05) is 0 Å². The average molecular weight is 370 g/mol. The fourth-order valence-electron chi connectivity index (χ4n) is 4.23. The van der Waals surface area contributed by atoms with E-state index in [4.69, 9.17) is 9.47 Å². The number of hydrogen-bond acceptors (Lipinski definition) is 5. The highest BCUT2D eigenvalue weighted by molar-refractivity contribution is 5.81. The SMILES string of the molecule is COc1cc2c(cc1OC)CN(C(=O)[C@H]1CNC[C@@H]1c1cnn(C)c1)CC2. The van der Waals surface area contributed by atoms with Crippen LogP contribution in [0.25, 0.3) is 0 Å². The number of aryl methyl sites for hydroxylation is 1. The summed E-state index contributed by atoms with van der Waals surface area (Å²) in [5.74, 6) is 1.80. The minimum atomic E-state index is -0.0455. The lowest BCUT2D eigenvalue weighted by molar-refractivity contribution is -0.136. The van der Waals surface area contributed by atoms with E-state index in [-0.39, 0.29) is 17.7 Å². The van der Waals surface area contributed by atoms with Gasteiger partial charge in [0.25, 0.3) is 0 Å². The fraction of sp³-hybridized carbons (Fsp3) is 0.500. The van der Waals surface area contributed by atoms with Crippen molar-refractivity contribution in [3.05, 3.63) is 41.2 Å². The second-order valence-electron chi connectivity index (χ2n) is 7.30. The van der Waals surface area contributed by atoms with E-state index in [1.807, 2.05) is 36.5 Å². The van der Waals surface area contributed by atoms with E-state index in [1.54, 1.807) is 18.9 Å². The first-order chi connectivity index (χ1) is 13.1. The number of nitrogens with zero attached hydrogens (tertiary/aromatic N) is 3. The highest BCUT2D eigenvalue weighted by Gasteiger charge is 2.38. The maximum Gasteiger partial charge on any atom is 0.227 e. The molecule has 0 bridgehead atoms. The summed E-state index contributed by atoms with van der Waals surface area (Å²) in [6.45, 7) is 2.88. The summed E-state index contributed by atoms with van der Waals surface area (Å²) in [5.41, 5.74) is 3.49. The molecule has 4 rings (SSSR count). The summed E-state index contributed by atoms with van der Waals surface area (Å²) in [7, 11) is 5.19. The molecule has 0 unspecified atom stereocenters. The summed E-state index contributed by atoms with van der Waals surface area (Å²) in [6, 6.07) is 4.03. The molecule has 7 heteroatoms. The van der Waals surface area contributed by atoms with Crippen molar-refractivity contribution in [3.63, 3.8) is 0 Å². The maximum absolute atomic E-state index is 13.3. The number of carbonyl (C=O) groups excluding carboxylic acids is 1. The maximum atomic E-state index is 13.3. The summed E-state index contributed by atoms with van der Waals surface area (Å²) in [6.07, 6.45) is 4.72. The molecular formula is C20H26N4O3. The van der Waals surface area contributed by atoms with Crippen LogP contribution in [-0.4, -0.2) is 54.4 Å². The normalized spacial score (nSPS) is 21.8. The van der Waals surface area contributed by atoms with Gasteiger partial charge in [0.1, 0.15) is 0 Å². The number of carbonyl (C=O) groups is 1. The summed E-state index contributed by atoms with van der Waals surface area (Å²) < 4.78 is 12.6. The van der Waals surface area contributed by atoms with Crippen molar-refractivity contribution in [2.75, 3.05) is 33.9 Å². The monoisotopic (exact) mass is 370 g/mol. The molecule has 2 aliphatic rings. The Morgan fingerprint density at radius 3 is 2.59 bits per heavy atom. The van der Waals surface area contributed by atoms with Gasteiger partial charge in [0.2, 0.25) is 5.91 Å². The fourth-order valence-corrected chi connectivity index (χ4v) is 4.23. The van der Waals surface area contributed by atoms with Crippen LogP contribution in [0.2, 0.25) is 0 Å². The van der Waals surface area contributed by atoms with E-state index in [2.05, 4.69) is 10.4 Å². The third kappa shape index (κ3) is 3.27. The standard InChI is InChI=1S/C20H26N4O3/c1-23-11-15(8-22-23)16-9-21-10-17(16)20(25)24-5-4-13-6-18(26-2)19(27-3)7-14(13)12-24/h6-8,11,16-17,21H,4-5,9-10,12H2,1-3H3/t16-,17+/m1/s1. The van der Waals surface area contributed by atoms with Crippen molar-refractivity contribution in [1.82, 2.24) is 20.0 Å². The van der Waals surface area contributed by atoms with Gasteiger partial charge in [0.05, 0.1) is 26.3 Å². The van der Waals surface area contributed by atoms with Gasteiger partial charge in [-0.25, -0.2) is 0 Å². The van der Waals surface area contributed by atoms with Crippen molar-refractivity contribution in [3.8, 4) is 11.5 Å². The van der Waals surface area contributed by atoms with E-state index in [0.717, 1.165) is 36.4 Å². The zero-order valence-corrected chi connectivity index (χ0v) is 16.1. The number of methoxy groups -OCH3 is 2. The topological polar surface area (TPSA) is 68.6 Å². The van der Waals surface area contributed by atoms with Crippen LogP contribution in [0.1, 0.15) is 22.6 Å². The van der Waals surface area contributed by atoms with Crippen LogP contribution < -0.4 is 14.8 Å². The molecule has 1 N–H and O–H groups in total. The number of amides is 1. The van der Waals surface area contributed by atoms with Crippen molar-refractivity contribution in [2.45, 2.75) is 18.9 Å². The second-order valence-corrected chi connectivity index (χ2v) is 7.30. The lowest BCUT2D eigenvalue weighted by atomic mass is 9.88. The third-order valence-corrected chi connectivity index (χ3v) is 5.71. The predicted octanol–water partition coefficient (Wildman–Crippen LogP) is 1.33. The Morgan fingerprint density at radius 1 is 1.19 bits per heavy atom. The van der Waals surface area contributed by atoms with E-state index in [1.165, 1.54) is 5.56 Å². The molecule has 1 amide bonds. The molecule has 1 aromatic carbocycles. The zero-order chi connectivity index (χ0) is 19.0. The average Bonchev–Trinajstić information content (AvgIpc) is 3.34. The van der Waals surface area contributed by atoms with Gasteiger partial charge in [-0.05, 0) is 35.2 Å². The van der Waals surface area contributed by atoms with Crippen LogP contribution in [0.4, 0.5) is 0 Å². The van der Waals surface area contributed by atoms with E-state index < -0.39 is 0 Å². The van der Waals surface area contributed by atoms with Crippen molar-refractivity contribution >= 4 is 5.91 Å². The summed E-state index contributed by atoms with van der Waals surface area (Å²) >= 11 is 0. The largest absolute Gasteiger partial charge is 0.493 e. The quantitative estimate of drug-likeness (QED) is 0.879. The van der Waals surface area contributed by atoms with Crippen LogP contribution in [0.3, 0.4) is 0 Å². The molecule has 2 aliphatic heterocycles. The van der Waals surface area contributed by atoms with Gasteiger partial charge < -0.3 is 19.7 Å². The van der Waals surface area contributed by atoms with Crippen molar-refractivity contribution < 1.29 is 14.3 Å². The molecule has 7 nitrogen and oxygen atoms in total. The summed E-state index contributed by atoms with van der Waals surface area (Å²) in [5, 5.41) is 7.65. The number of nitrogens with one attached hydrogen (secondary N) is 1. The van der Waals surface area contributed by atoms with E-state index >= 15 is 0 Å². The van der Waals surface area contributed by atoms with Gasteiger partial charge in [-0.2, -0.15) is 5.10 Å². The lowest BCUT2D eigenvalue weighted by Gasteiger charge is -2.32. The Morgan fingerprint density at radius 2 is 1.93 bits per heavy atom. The first-order valence-corrected chi connectivity index (χ1v) is 9.32. The molecule has 1 fully saturated rings. The first-order valence-electron chi connectivity index (χ1n) is 9.32. The molecule has 0 saturated carbocycles. The Labute approximate surface area is 159 Å². The number of fused-ring (bicyclic) bond motifs is 1. The molecule has 0 radical (unpaired) electrons. The number of rotatable bonds is 4. The van der Waals surface area contributed by atoms with Crippen LogP contribution in [-0.2, 0) is 24.8 Å². The molecule has 0 aliphatic carbocycles. The Balaban J connectivity index is 1.53. The summed E-state index contributed by atoms with van der Waals surface area (Å²) in [4.78, 5) is 15.3. The van der Waals surface area contributed by atoms with Crippen LogP contribution in [0.15, 0.2) is 24.5 Å². The van der Waals surface area contributed by atoms with E-state index in [9.17, 15) is 4.79 Å². The molecule has 1 saturated heterocycles. The number of hydrogen-bond donors (Lipinski definition) is 1. The molecule has 2 atom stereocenters. The van der Waals surface area contributed by atoms with Gasteiger partial charge in [0.15, 0.2) is 11.5 Å². The van der Waals surface area contributed by atoms with Gasteiger partial charge in [0, 0.05) is 45.3 Å². The Bertz CT molecular complexity index is 848. The van der Waals surface area contributed by atoms with Gasteiger partial charge >= 0.3 is 0 Å². The third-order valence-electron chi connectivity index (χ3n) is 5.71. The molecule has 2 aromatic rings. The van der Waals surface area contributed by atoms with E-state index in [0.29, 0.717) is 18.8 Å². The lowest BCUT2D eigenvalue weighted by Crippen LogP contribution is -2.41. The smallest absolute Gasteiger partial charge is 0.227 e. The predicted molar refractivity (Wildman–Crippen MR) is 101 cm³/mol. The first kappa shape index (κ1) is 17.9. The van der Waals surface area contributed by atoms with Crippen molar-refractivity contribution in [2.24, 2.45) is 13.0 Å². The minimum absolute atomic E-state index is 0.0455. The zero-order valence-electron chi connectivity index (χ0n) is 16.1. The van der Waals surface area contributed by atoms with Crippen molar-refractivity contribution in [1.29, 1.82) is 0 Å². The number of benzene rings is 1. The molecule has 0 spiro atoms. The number of aromatic nitrogens is 2. The highest BCUT2D eigenvalue weighted by Crippen LogP contribution is 2.35. The van der Waals surface area contributed by atoms with Crippen LogP contribution >= 0.6 is 0 Å². The highest BCUT2D eigenvalue weighted by atomic mass is 16.5. The van der Waals surface area contributed by atoms with Gasteiger partial charge in [-0.15, -0.1) is 0 Å². The molecule has 1 aromatic heterocycles. The molecule has 144 valence electrons. The second kappa shape index (κ2) is 7.23. The number of ether oxygens (including phenoxy) is 2. The Kier molecular flexibility index (Phi) is 4.78. The molecule has 27 heavy (non-hydrogen) atoms. The molecular weight excluding hydrogens is 344 g/mol. The molecule has 3 heterocycles. The van der Waals surface area contributed by atoms with Gasteiger partial charge in [-0.3, -0.25) is 9.48 Å². The minimum Gasteiger partial charge on any atom is -0.493 e. The Hall–Kier alpha value is -2.54. The van der Waals surface area contributed by atoms with Crippen LogP contribution in [0.5, 0.6) is 11.5 Å².